The molecule has 0 aromatic heterocycles. The average molecular weight is 315 g/mol. The number of hydrogen-bond donors (Lipinski definition) is 0. The van der Waals surface area contributed by atoms with E-state index in [4.69, 9.17) is 0 Å². The van der Waals surface area contributed by atoms with Crippen molar-refractivity contribution in [2.24, 2.45) is 0 Å². The van der Waals surface area contributed by atoms with E-state index in [-0.39, 0.29) is 11.0 Å². The Kier molecular flexibility index (Phi) is 3.09. The van der Waals surface area contributed by atoms with Crippen molar-refractivity contribution < 1.29 is 0 Å². The zero-order valence-electron chi connectivity index (χ0n) is 15.2. The molecule has 0 unspecified atom stereocenters. The highest BCUT2D eigenvalue weighted by Crippen LogP contribution is 2.52. The average Bonchev–Trinajstić information content (AvgIpc) is 2.53. The van der Waals surface area contributed by atoms with Crippen LogP contribution in [0.1, 0.15) is 45.7 Å². The standard InChI is InChI=1S/C23H25N/c1-22(2,3)24-20-13-9-8-12-18(20)23(4,5)19-14-16-10-6-7-11-17(16)15-21(19)24/h6-15H,1-5H3. The Bertz CT molecular complexity index is 928. The summed E-state index contributed by atoms with van der Waals surface area (Å²) in [5.41, 5.74) is 5.50. The van der Waals surface area contributed by atoms with Gasteiger partial charge in [0.15, 0.2) is 0 Å². The van der Waals surface area contributed by atoms with Gasteiger partial charge in [0.2, 0.25) is 0 Å². The van der Waals surface area contributed by atoms with Crippen LogP contribution >= 0.6 is 0 Å². The summed E-state index contributed by atoms with van der Waals surface area (Å²) in [7, 11) is 0. The lowest BCUT2D eigenvalue weighted by Crippen LogP contribution is -2.43. The van der Waals surface area contributed by atoms with Crippen molar-refractivity contribution in [2.75, 3.05) is 4.90 Å². The fourth-order valence-electron chi connectivity index (χ4n) is 4.11. The maximum atomic E-state index is 2.51. The molecule has 0 aliphatic carbocycles. The normalized spacial score (nSPS) is 16.0. The lowest BCUT2D eigenvalue weighted by molar-refractivity contribution is 0.531. The SMILES string of the molecule is CC1(C)c2ccccc2N(C(C)(C)C)c2cc3ccccc3cc21. The first kappa shape index (κ1) is 15.3. The van der Waals surface area contributed by atoms with Crippen LogP contribution in [0.3, 0.4) is 0 Å². The van der Waals surface area contributed by atoms with Crippen LogP contribution in [0.15, 0.2) is 60.7 Å². The van der Waals surface area contributed by atoms with E-state index in [1.165, 1.54) is 33.3 Å². The minimum absolute atomic E-state index is 0.00227. The van der Waals surface area contributed by atoms with Crippen molar-refractivity contribution in [2.45, 2.75) is 45.6 Å². The first-order valence-corrected chi connectivity index (χ1v) is 8.73. The van der Waals surface area contributed by atoms with Crippen molar-refractivity contribution in [1.82, 2.24) is 0 Å². The predicted molar refractivity (Wildman–Crippen MR) is 104 cm³/mol. The highest BCUT2D eigenvalue weighted by molar-refractivity contribution is 5.92. The van der Waals surface area contributed by atoms with Gasteiger partial charge in [-0.15, -0.1) is 0 Å². The van der Waals surface area contributed by atoms with Gasteiger partial charge in [-0.2, -0.15) is 0 Å². The van der Waals surface area contributed by atoms with Crippen LogP contribution in [-0.4, -0.2) is 5.54 Å². The fraction of sp³-hybridized carbons (Fsp3) is 0.304. The van der Waals surface area contributed by atoms with Crippen LogP contribution in [0, 0.1) is 0 Å². The Labute approximate surface area is 144 Å². The summed E-state index contributed by atoms with van der Waals surface area (Å²) >= 11 is 0. The van der Waals surface area contributed by atoms with Gasteiger partial charge in [0, 0.05) is 22.3 Å². The van der Waals surface area contributed by atoms with Crippen LogP contribution in [0.25, 0.3) is 10.8 Å². The number of nitrogens with zero attached hydrogens (tertiary/aromatic N) is 1. The van der Waals surface area contributed by atoms with E-state index in [0.717, 1.165) is 0 Å². The van der Waals surface area contributed by atoms with Gasteiger partial charge < -0.3 is 4.90 Å². The summed E-state index contributed by atoms with van der Waals surface area (Å²) in [6.45, 7) is 11.6. The van der Waals surface area contributed by atoms with Gasteiger partial charge in [0.05, 0.1) is 0 Å². The molecule has 1 heterocycles. The van der Waals surface area contributed by atoms with E-state index < -0.39 is 0 Å². The molecule has 122 valence electrons. The minimum atomic E-state index is -0.00227. The van der Waals surface area contributed by atoms with Gasteiger partial charge >= 0.3 is 0 Å². The summed E-state index contributed by atoms with van der Waals surface area (Å²) in [6, 6.07) is 22.3. The molecule has 0 fully saturated rings. The monoisotopic (exact) mass is 315 g/mol. The quantitative estimate of drug-likeness (QED) is 0.463. The largest absolute Gasteiger partial charge is 0.336 e. The van der Waals surface area contributed by atoms with Crippen LogP contribution < -0.4 is 4.90 Å². The second-order valence-electron chi connectivity index (χ2n) is 8.36. The molecule has 1 nitrogen and oxygen atoms in total. The first-order chi connectivity index (χ1) is 11.3. The zero-order valence-corrected chi connectivity index (χ0v) is 15.2. The van der Waals surface area contributed by atoms with Gasteiger partial charge in [-0.1, -0.05) is 56.3 Å². The smallest absolute Gasteiger partial charge is 0.0463 e. The number of anilines is 2. The van der Waals surface area contributed by atoms with E-state index in [1.807, 2.05) is 0 Å². The van der Waals surface area contributed by atoms with Crippen LogP contribution in [0.2, 0.25) is 0 Å². The Hall–Kier alpha value is -2.28. The molecule has 1 aliphatic rings. The summed E-state index contributed by atoms with van der Waals surface area (Å²) < 4.78 is 0. The van der Waals surface area contributed by atoms with Gasteiger partial charge in [0.25, 0.3) is 0 Å². The van der Waals surface area contributed by atoms with Crippen molar-refractivity contribution in [3.8, 4) is 0 Å². The maximum absolute atomic E-state index is 2.51. The topological polar surface area (TPSA) is 3.24 Å². The van der Waals surface area contributed by atoms with E-state index in [0.29, 0.717) is 0 Å². The van der Waals surface area contributed by atoms with Gasteiger partial charge in [-0.25, -0.2) is 0 Å². The van der Waals surface area contributed by atoms with E-state index in [9.17, 15) is 0 Å². The number of para-hydroxylation sites is 1. The minimum Gasteiger partial charge on any atom is -0.336 e. The van der Waals surface area contributed by atoms with Crippen LogP contribution in [0.5, 0.6) is 0 Å². The Morgan fingerprint density at radius 3 is 1.96 bits per heavy atom. The molecule has 0 amide bonds. The van der Waals surface area contributed by atoms with Gasteiger partial charge in [-0.05, 0) is 60.9 Å². The van der Waals surface area contributed by atoms with Gasteiger partial charge in [-0.3, -0.25) is 0 Å². The van der Waals surface area contributed by atoms with Crippen molar-refractivity contribution in [3.63, 3.8) is 0 Å². The molecule has 4 rings (SSSR count). The third-order valence-corrected chi connectivity index (χ3v) is 5.27. The third kappa shape index (κ3) is 2.07. The summed E-state index contributed by atoms with van der Waals surface area (Å²) in [5.74, 6) is 0. The van der Waals surface area contributed by atoms with E-state index >= 15 is 0 Å². The van der Waals surface area contributed by atoms with Crippen molar-refractivity contribution in [1.29, 1.82) is 0 Å². The summed E-state index contributed by atoms with van der Waals surface area (Å²) in [6.07, 6.45) is 0. The second-order valence-corrected chi connectivity index (χ2v) is 8.36. The second kappa shape index (κ2) is 4.86. The molecular formula is C23H25N. The van der Waals surface area contributed by atoms with E-state index in [2.05, 4.69) is 100 Å². The molecule has 0 atom stereocenters. The fourth-order valence-corrected chi connectivity index (χ4v) is 4.11. The lowest BCUT2D eigenvalue weighted by atomic mass is 9.72. The zero-order chi connectivity index (χ0) is 17.1. The number of fused-ring (bicyclic) bond motifs is 3. The Balaban J connectivity index is 2.12. The van der Waals surface area contributed by atoms with Gasteiger partial charge in [0.1, 0.15) is 0 Å². The molecule has 0 saturated carbocycles. The molecule has 0 radical (unpaired) electrons. The molecule has 1 heteroatoms. The molecule has 24 heavy (non-hydrogen) atoms. The Morgan fingerprint density at radius 2 is 1.29 bits per heavy atom. The van der Waals surface area contributed by atoms with Crippen molar-refractivity contribution in [3.05, 3.63) is 71.8 Å². The molecule has 0 spiro atoms. The molecule has 0 bridgehead atoms. The first-order valence-electron chi connectivity index (χ1n) is 8.73. The van der Waals surface area contributed by atoms with Crippen LogP contribution in [0.4, 0.5) is 11.4 Å². The lowest BCUT2D eigenvalue weighted by Gasteiger charge is -2.48. The van der Waals surface area contributed by atoms with Crippen molar-refractivity contribution >= 4 is 22.1 Å². The Morgan fingerprint density at radius 1 is 0.708 bits per heavy atom. The number of hydrogen-bond acceptors (Lipinski definition) is 1. The molecule has 0 saturated heterocycles. The number of benzene rings is 3. The number of rotatable bonds is 0. The summed E-state index contributed by atoms with van der Waals surface area (Å²) in [4.78, 5) is 2.51. The molecule has 3 aromatic carbocycles. The van der Waals surface area contributed by atoms with Crippen LogP contribution in [-0.2, 0) is 5.41 Å². The molecule has 3 aromatic rings. The third-order valence-electron chi connectivity index (χ3n) is 5.27. The maximum Gasteiger partial charge on any atom is 0.0463 e. The molecule has 0 N–H and O–H groups in total. The predicted octanol–water partition coefficient (Wildman–Crippen LogP) is 6.42. The highest BCUT2D eigenvalue weighted by Gasteiger charge is 2.39. The molecular weight excluding hydrogens is 290 g/mol. The van der Waals surface area contributed by atoms with E-state index in [1.54, 1.807) is 0 Å². The molecule has 1 aliphatic heterocycles. The summed E-state index contributed by atoms with van der Waals surface area (Å²) in [5, 5.41) is 2.62. The highest BCUT2D eigenvalue weighted by atomic mass is 15.2.